The molecule has 1 heterocycles. The van der Waals surface area contributed by atoms with Gasteiger partial charge in [-0.15, -0.1) is 5.10 Å². The van der Waals surface area contributed by atoms with Gasteiger partial charge in [-0.2, -0.15) is 0 Å². The second-order valence-electron chi connectivity index (χ2n) is 4.20. The van der Waals surface area contributed by atoms with E-state index >= 15 is 0 Å². The van der Waals surface area contributed by atoms with Crippen molar-refractivity contribution in [2.24, 2.45) is 0 Å². The van der Waals surface area contributed by atoms with Crippen molar-refractivity contribution in [3.8, 4) is 5.69 Å². The second kappa shape index (κ2) is 5.79. The van der Waals surface area contributed by atoms with Crippen LogP contribution in [-0.4, -0.2) is 32.2 Å². The third-order valence-corrected chi connectivity index (χ3v) is 3.13. The van der Waals surface area contributed by atoms with E-state index in [9.17, 15) is 4.79 Å². The van der Waals surface area contributed by atoms with Crippen LogP contribution < -0.4 is 5.32 Å². The molecule has 0 spiro atoms. The van der Waals surface area contributed by atoms with E-state index in [2.05, 4.69) is 20.8 Å². The SMILES string of the molecule is CCC(C)NC(=O)c1cc(-n2cnnn2)ccc1Cl. The van der Waals surface area contributed by atoms with Crippen molar-refractivity contribution in [1.29, 1.82) is 0 Å². The van der Waals surface area contributed by atoms with E-state index in [1.807, 2.05) is 13.8 Å². The van der Waals surface area contributed by atoms with Crippen molar-refractivity contribution in [3.05, 3.63) is 35.1 Å². The maximum absolute atomic E-state index is 12.1. The number of nitrogens with zero attached hydrogens (tertiary/aromatic N) is 4. The van der Waals surface area contributed by atoms with Crippen molar-refractivity contribution in [3.63, 3.8) is 0 Å². The Morgan fingerprint density at radius 3 is 2.95 bits per heavy atom. The maximum Gasteiger partial charge on any atom is 0.253 e. The number of tetrazole rings is 1. The molecule has 1 unspecified atom stereocenters. The van der Waals surface area contributed by atoms with E-state index in [4.69, 9.17) is 11.6 Å². The third-order valence-electron chi connectivity index (χ3n) is 2.80. The molecule has 1 aromatic carbocycles. The molecule has 100 valence electrons. The average molecular weight is 280 g/mol. The number of amides is 1. The van der Waals surface area contributed by atoms with E-state index in [0.29, 0.717) is 16.3 Å². The summed E-state index contributed by atoms with van der Waals surface area (Å²) in [7, 11) is 0. The van der Waals surface area contributed by atoms with Crippen molar-refractivity contribution < 1.29 is 4.79 Å². The molecule has 0 aliphatic rings. The van der Waals surface area contributed by atoms with Gasteiger partial charge in [0.05, 0.1) is 16.3 Å². The van der Waals surface area contributed by atoms with Gasteiger partial charge >= 0.3 is 0 Å². The first-order valence-electron chi connectivity index (χ1n) is 5.95. The van der Waals surface area contributed by atoms with Crippen LogP contribution >= 0.6 is 11.6 Å². The van der Waals surface area contributed by atoms with Crippen LogP contribution in [0.1, 0.15) is 30.6 Å². The Kier molecular flexibility index (Phi) is 4.11. The van der Waals surface area contributed by atoms with Gasteiger partial charge in [-0.1, -0.05) is 18.5 Å². The molecule has 6 nitrogen and oxygen atoms in total. The number of benzene rings is 1. The van der Waals surface area contributed by atoms with Gasteiger partial charge < -0.3 is 5.32 Å². The summed E-state index contributed by atoms with van der Waals surface area (Å²) in [5.41, 5.74) is 1.10. The topological polar surface area (TPSA) is 72.7 Å². The quantitative estimate of drug-likeness (QED) is 0.927. The summed E-state index contributed by atoms with van der Waals surface area (Å²) in [4.78, 5) is 12.1. The zero-order chi connectivity index (χ0) is 13.8. The van der Waals surface area contributed by atoms with Crippen LogP contribution in [0.5, 0.6) is 0 Å². The zero-order valence-electron chi connectivity index (χ0n) is 10.7. The molecule has 2 rings (SSSR count). The van der Waals surface area contributed by atoms with E-state index in [1.54, 1.807) is 18.2 Å². The summed E-state index contributed by atoms with van der Waals surface area (Å²) in [5, 5.41) is 14.2. The smallest absolute Gasteiger partial charge is 0.253 e. The number of halogens is 1. The van der Waals surface area contributed by atoms with Crippen molar-refractivity contribution >= 4 is 17.5 Å². The van der Waals surface area contributed by atoms with Crippen LogP contribution in [0.15, 0.2) is 24.5 Å². The molecule has 1 atom stereocenters. The molecule has 0 radical (unpaired) electrons. The Labute approximate surface area is 115 Å². The Bertz CT molecular complexity index is 570. The number of rotatable bonds is 4. The molecule has 0 aliphatic heterocycles. The minimum atomic E-state index is -0.200. The molecule has 0 saturated heterocycles. The minimum Gasteiger partial charge on any atom is -0.350 e. The first kappa shape index (κ1) is 13.5. The fourth-order valence-corrected chi connectivity index (χ4v) is 1.72. The Morgan fingerprint density at radius 1 is 1.53 bits per heavy atom. The van der Waals surface area contributed by atoms with Crippen LogP contribution in [-0.2, 0) is 0 Å². The van der Waals surface area contributed by atoms with Gasteiger partial charge in [-0.25, -0.2) is 4.68 Å². The highest BCUT2D eigenvalue weighted by molar-refractivity contribution is 6.33. The van der Waals surface area contributed by atoms with E-state index in [1.165, 1.54) is 11.0 Å². The first-order chi connectivity index (χ1) is 9.11. The molecule has 1 N–H and O–H groups in total. The molecule has 19 heavy (non-hydrogen) atoms. The largest absolute Gasteiger partial charge is 0.350 e. The monoisotopic (exact) mass is 279 g/mol. The van der Waals surface area contributed by atoms with Crippen LogP contribution in [0, 0.1) is 0 Å². The van der Waals surface area contributed by atoms with Gasteiger partial charge in [-0.3, -0.25) is 4.79 Å². The number of carbonyl (C=O) groups excluding carboxylic acids is 1. The normalized spacial score (nSPS) is 12.2. The molecule has 0 aliphatic carbocycles. The molecule has 2 aromatic rings. The number of carbonyl (C=O) groups is 1. The molecule has 0 bridgehead atoms. The lowest BCUT2D eigenvalue weighted by molar-refractivity contribution is 0.0939. The summed E-state index contributed by atoms with van der Waals surface area (Å²) in [6.07, 6.45) is 2.32. The fraction of sp³-hybridized carbons (Fsp3) is 0.333. The molecular weight excluding hydrogens is 266 g/mol. The van der Waals surface area contributed by atoms with Crippen molar-refractivity contribution in [1.82, 2.24) is 25.5 Å². The first-order valence-corrected chi connectivity index (χ1v) is 6.33. The van der Waals surface area contributed by atoms with Crippen LogP contribution in [0.2, 0.25) is 5.02 Å². The number of nitrogens with one attached hydrogen (secondary N) is 1. The van der Waals surface area contributed by atoms with Crippen LogP contribution in [0.25, 0.3) is 5.69 Å². The second-order valence-corrected chi connectivity index (χ2v) is 4.61. The lowest BCUT2D eigenvalue weighted by Crippen LogP contribution is -2.32. The maximum atomic E-state index is 12.1. The summed E-state index contributed by atoms with van der Waals surface area (Å²) < 4.78 is 1.47. The lowest BCUT2D eigenvalue weighted by Gasteiger charge is -2.13. The summed E-state index contributed by atoms with van der Waals surface area (Å²) >= 11 is 6.06. The van der Waals surface area contributed by atoms with Crippen molar-refractivity contribution in [2.75, 3.05) is 0 Å². The highest BCUT2D eigenvalue weighted by Crippen LogP contribution is 2.19. The lowest BCUT2D eigenvalue weighted by atomic mass is 10.1. The minimum absolute atomic E-state index is 0.0975. The van der Waals surface area contributed by atoms with Gasteiger partial charge in [0.15, 0.2) is 0 Å². The molecule has 1 amide bonds. The summed E-state index contributed by atoms with van der Waals surface area (Å²) in [5.74, 6) is -0.200. The standard InChI is InChI=1S/C12H14ClN5O/c1-3-8(2)15-12(19)10-6-9(4-5-11(10)13)18-7-14-16-17-18/h4-8H,3H2,1-2H3,(H,15,19). The predicted molar refractivity (Wildman–Crippen MR) is 71.4 cm³/mol. The number of hydrogen-bond donors (Lipinski definition) is 1. The molecular formula is C12H14ClN5O. The van der Waals surface area contributed by atoms with E-state index in [0.717, 1.165) is 6.42 Å². The summed E-state index contributed by atoms with van der Waals surface area (Å²) in [6.45, 7) is 3.95. The van der Waals surface area contributed by atoms with Gasteiger partial charge in [0, 0.05) is 6.04 Å². The van der Waals surface area contributed by atoms with Crippen LogP contribution in [0.4, 0.5) is 0 Å². The van der Waals surface area contributed by atoms with E-state index < -0.39 is 0 Å². The van der Waals surface area contributed by atoms with E-state index in [-0.39, 0.29) is 11.9 Å². The van der Waals surface area contributed by atoms with Crippen LogP contribution in [0.3, 0.4) is 0 Å². The fourth-order valence-electron chi connectivity index (χ4n) is 1.51. The Hall–Kier alpha value is -1.95. The zero-order valence-corrected chi connectivity index (χ0v) is 11.4. The molecule has 7 heteroatoms. The highest BCUT2D eigenvalue weighted by atomic mass is 35.5. The van der Waals surface area contributed by atoms with Crippen molar-refractivity contribution in [2.45, 2.75) is 26.3 Å². The number of hydrogen-bond acceptors (Lipinski definition) is 4. The Morgan fingerprint density at radius 2 is 2.32 bits per heavy atom. The van der Waals surface area contributed by atoms with Gasteiger partial charge in [0.2, 0.25) is 0 Å². The third kappa shape index (κ3) is 3.08. The predicted octanol–water partition coefficient (Wildman–Crippen LogP) is 1.84. The average Bonchev–Trinajstić information content (AvgIpc) is 2.93. The molecule has 0 fully saturated rings. The van der Waals surface area contributed by atoms with Gasteiger partial charge in [-0.05, 0) is 42.0 Å². The summed E-state index contributed by atoms with van der Waals surface area (Å²) in [6, 6.07) is 5.17. The highest BCUT2D eigenvalue weighted by Gasteiger charge is 2.13. The Balaban J connectivity index is 2.30. The molecule has 0 saturated carbocycles. The number of aromatic nitrogens is 4. The van der Waals surface area contributed by atoms with Gasteiger partial charge in [0.1, 0.15) is 6.33 Å². The van der Waals surface area contributed by atoms with Gasteiger partial charge in [0.25, 0.3) is 5.91 Å². The molecule has 1 aromatic heterocycles.